The fourth-order valence-corrected chi connectivity index (χ4v) is 4.21. The second-order valence-corrected chi connectivity index (χ2v) is 8.74. The van der Waals surface area contributed by atoms with Gasteiger partial charge < -0.3 is 24.2 Å². The zero-order chi connectivity index (χ0) is 23.4. The summed E-state index contributed by atoms with van der Waals surface area (Å²) in [5.41, 5.74) is 0.0808. The summed E-state index contributed by atoms with van der Waals surface area (Å²) in [5.74, 6) is 0.865. The fourth-order valence-electron chi connectivity index (χ4n) is 4.21. The van der Waals surface area contributed by atoms with Crippen molar-refractivity contribution in [1.29, 1.82) is 0 Å². The van der Waals surface area contributed by atoms with Crippen LogP contribution in [0.1, 0.15) is 21.7 Å². The van der Waals surface area contributed by atoms with Crippen LogP contribution >= 0.6 is 0 Å². The number of aromatic nitrogens is 2. The molecule has 0 saturated carbocycles. The molecule has 174 valence electrons. The topological polar surface area (TPSA) is 70.8 Å². The number of hydrogen-bond acceptors (Lipinski definition) is 5. The van der Waals surface area contributed by atoms with Crippen LogP contribution in [-0.2, 0) is 13.2 Å². The van der Waals surface area contributed by atoms with Gasteiger partial charge in [0.05, 0.1) is 13.1 Å². The number of aliphatic hydroxyl groups is 1. The Morgan fingerprint density at radius 3 is 2.76 bits per heavy atom. The second-order valence-electron chi connectivity index (χ2n) is 8.74. The molecule has 1 atom stereocenters. The van der Waals surface area contributed by atoms with Crippen molar-refractivity contribution in [1.82, 2.24) is 19.4 Å². The SMILES string of the molecule is Cc1nccn1CC1(O)CN(C)CCN(C(=O)c2cccc(OCc3cccc(F)c3)c2)C1. The summed E-state index contributed by atoms with van der Waals surface area (Å²) in [6.45, 7) is 4.27. The number of carbonyl (C=O) groups is 1. The summed E-state index contributed by atoms with van der Waals surface area (Å²) in [6, 6.07) is 13.2. The molecule has 8 heteroatoms. The number of nitrogens with zero attached hydrogens (tertiary/aromatic N) is 4. The number of aryl methyl sites for hydroxylation is 1. The maximum Gasteiger partial charge on any atom is 0.254 e. The number of hydrogen-bond donors (Lipinski definition) is 1. The summed E-state index contributed by atoms with van der Waals surface area (Å²) in [6.07, 6.45) is 3.54. The van der Waals surface area contributed by atoms with Crippen LogP contribution in [0.25, 0.3) is 0 Å². The molecule has 1 fully saturated rings. The van der Waals surface area contributed by atoms with Crippen LogP contribution in [0.15, 0.2) is 60.9 Å². The van der Waals surface area contributed by atoms with Gasteiger partial charge in [-0.2, -0.15) is 0 Å². The van der Waals surface area contributed by atoms with Crippen LogP contribution < -0.4 is 4.74 Å². The van der Waals surface area contributed by atoms with Crippen LogP contribution in [0.3, 0.4) is 0 Å². The molecule has 1 amide bonds. The number of β-amino-alcohol motifs (C(OH)–C–C–N with tert-alkyl or cyclic N) is 1. The fraction of sp³-hybridized carbons (Fsp3) is 0.360. The monoisotopic (exact) mass is 452 g/mol. The number of benzene rings is 2. The van der Waals surface area contributed by atoms with Crippen molar-refractivity contribution in [2.45, 2.75) is 25.7 Å². The van der Waals surface area contributed by atoms with Crippen LogP contribution in [-0.4, -0.2) is 69.2 Å². The van der Waals surface area contributed by atoms with Crippen molar-refractivity contribution in [3.05, 3.63) is 83.7 Å². The van der Waals surface area contributed by atoms with E-state index in [1.807, 2.05) is 29.6 Å². The van der Waals surface area contributed by atoms with E-state index in [-0.39, 0.29) is 24.9 Å². The van der Waals surface area contributed by atoms with Crippen molar-refractivity contribution in [3.63, 3.8) is 0 Å². The van der Waals surface area contributed by atoms with Gasteiger partial charge in [-0.15, -0.1) is 0 Å². The molecule has 1 aliphatic rings. The Hall–Kier alpha value is -3.23. The highest BCUT2D eigenvalue weighted by atomic mass is 19.1. The third-order valence-electron chi connectivity index (χ3n) is 5.85. The molecule has 3 aromatic rings. The molecule has 0 spiro atoms. The van der Waals surface area contributed by atoms with E-state index < -0.39 is 5.60 Å². The molecule has 4 rings (SSSR count). The minimum Gasteiger partial charge on any atom is -0.489 e. The number of amides is 1. The molecule has 0 bridgehead atoms. The van der Waals surface area contributed by atoms with E-state index in [4.69, 9.17) is 4.74 Å². The zero-order valence-corrected chi connectivity index (χ0v) is 18.9. The Morgan fingerprint density at radius 1 is 1.18 bits per heavy atom. The summed E-state index contributed by atoms with van der Waals surface area (Å²) >= 11 is 0. The first kappa shape index (κ1) is 22.9. The lowest BCUT2D eigenvalue weighted by molar-refractivity contribution is -0.0116. The lowest BCUT2D eigenvalue weighted by atomic mass is 10.0. The minimum absolute atomic E-state index is 0.165. The maximum atomic E-state index is 13.4. The molecule has 0 radical (unpaired) electrons. The molecule has 1 aromatic heterocycles. The first-order valence-corrected chi connectivity index (χ1v) is 11.0. The van der Waals surface area contributed by atoms with Gasteiger partial charge >= 0.3 is 0 Å². The number of imidazole rings is 1. The van der Waals surface area contributed by atoms with Gasteiger partial charge in [0.15, 0.2) is 0 Å². The van der Waals surface area contributed by atoms with Crippen molar-refractivity contribution >= 4 is 5.91 Å². The van der Waals surface area contributed by atoms with E-state index in [0.717, 1.165) is 5.82 Å². The van der Waals surface area contributed by atoms with E-state index >= 15 is 0 Å². The smallest absolute Gasteiger partial charge is 0.254 e. The molecular weight excluding hydrogens is 423 g/mol. The molecule has 1 N–H and O–H groups in total. The molecular formula is C25H29FN4O3. The molecule has 33 heavy (non-hydrogen) atoms. The second kappa shape index (κ2) is 9.72. The number of rotatable bonds is 6. The molecule has 2 heterocycles. The number of halogens is 1. The Kier molecular flexibility index (Phi) is 6.76. The average molecular weight is 453 g/mol. The standard InChI is InChI=1S/C25H29FN4O3/c1-19-27-9-10-29(19)17-25(32)16-28(2)11-12-30(18-25)24(31)21-6-4-8-23(14-21)33-15-20-5-3-7-22(26)13-20/h3-10,13-14,32H,11-12,15-18H2,1-2H3. The molecule has 1 unspecified atom stereocenters. The minimum atomic E-state index is -1.11. The van der Waals surface area contributed by atoms with Crippen molar-refractivity contribution in [3.8, 4) is 5.75 Å². The summed E-state index contributed by atoms with van der Waals surface area (Å²) in [7, 11) is 1.95. The van der Waals surface area contributed by atoms with Gasteiger partial charge in [-0.25, -0.2) is 9.37 Å². The number of carbonyl (C=O) groups excluding carboxylic acids is 1. The zero-order valence-electron chi connectivity index (χ0n) is 18.9. The van der Waals surface area contributed by atoms with Gasteiger partial charge in [0, 0.05) is 37.6 Å². The number of ether oxygens (including phenoxy) is 1. The van der Waals surface area contributed by atoms with Crippen molar-refractivity contribution in [2.24, 2.45) is 0 Å². The van der Waals surface area contributed by atoms with Crippen molar-refractivity contribution in [2.75, 3.05) is 33.2 Å². The predicted octanol–water partition coefficient (Wildman–Crippen LogP) is 2.73. The molecule has 1 aliphatic heterocycles. The van der Waals surface area contributed by atoms with Crippen LogP contribution in [0.4, 0.5) is 4.39 Å². The van der Waals surface area contributed by atoms with E-state index in [0.29, 0.717) is 43.1 Å². The van der Waals surface area contributed by atoms with Gasteiger partial charge in [0.25, 0.3) is 5.91 Å². The van der Waals surface area contributed by atoms with E-state index in [9.17, 15) is 14.3 Å². The van der Waals surface area contributed by atoms with E-state index in [1.54, 1.807) is 47.5 Å². The van der Waals surface area contributed by atoms with Gasteiger partial charge in [0.2, 0.25) is 0 Å². The highest BCUT2D eigenvalue weighted by Gasteiger charge is 2.36. The van der Waals surface area contributed by atoms with Gasteiger partial charge in [-0.1, -0.05) is 18.2 Å². The van der Waals surface area contributed by atoms with Gasteiger partial charge in [0.1, 0.15) is 29.6 Å². The van der Waals surface area contributed by atoms with Gasteiger partial charge in [-0.05, 0) is 49.9 Å². The van der Waals surface area contributed by atoms with E-state index in [2.05, 4.69) is 4.98 Å². The van der Waals surface area contributed by atoms with Gasteiger partial charge in [-0.3, -0.25) is 4.79 Å². The van der Waals surface area contributed by atoms with Crippen LogP contribution in [0.5, 0.6) is 5.75 Å². The Balaban J connectivity index is 1.48. The lowest BCUT2D eigenvalue weighted by Crippen LogP contribution is -2.50. The largest absolute Gasteiger partial charge is 0.489 e. The van der Waals surface area contributed by atoms with Crippen molar-refractivity contribution < 1.29 is 19.0 Å². The summed E-state index contributed by atoms with van der Waals surface area (Å²) in [5, 5.41) is 11.4. The first-order chi connectivity index (χ1) is 15.8. The molecule has 7 nitrogen and oxygen atoms in total. The quantitative estimate of drug-likeness (QED) is 0.623. The third kappa shape index (κ3) is 5.77. The lowest BCUT2D eigenvalue weighted by Gasteiger charge is -2.33. The normalized spacial score (nSPS) is 19.3. The first-order valence-electron chi connectivity index (χ1n) is 11.0. The van der Waals surface area contributed by atoms with Crippen LogP contribution in [0.2, 0.25) is 0 Å². The third-order valence-corrected chi connectivity index (χ3v) is 5.85. The molecule has 0 aliphatic carbocycles. The Bertz CT molecular complexity index is 1120. The Morgan fingerprint density at radius 2 is 2.00 bits per heavy atom. The maximum absolute atomic E-state index is 13.4. The summed E-state index contributed by atoms with van der Waals surface area (Å²) in [4.78, 5) is 21.3. The Labute approximate surface area is 193 Å². The predicted molar refractivity (Wildman–Crippen MR) is 122 cm³/mol. The average Bonchev–Trinajstić information content (AvgIpc) is 3.11. The van der Waals surface area contributed by atoms with E-state index in [1.165, 1.54) is 12.1 Å². The highest BCUT2D eigenvalue weighted by Crippen LogP contribution is 2.21. The van der Waals surface area contributed by atoms with Crippen LogP contribution in [0, 0.1) is 12.7 Å². The summed E-state index contributed by atoms with van der Waals surface area (Å²) < 4.78 is 21.1. The number of likely N-dealkylation sites (N-methyl/N-ethyl adjacent to an activating group) is 1. The molecule has 2 aromatic carbocycles. The highest BCUT2D eigenvalue weighted by molar-refractivity contribution is 5.94. The molecule has 1 saturated heterocycles.